The van der Waals surface area contributed by atoms with Crippen LogP contribution in [0.2, 0.25) is 0 Å². The number of hydrogen-bond donors (Lipinski definition) is 1. The zero-order valence-corrected chi connectivity index (χ0v) is 17.7. The molecule has 3 heterocycles. The Kier molecular flexibility index (Phi) is 5.97. The minimum Gasteiger partial charge on any atom is -0.496 e. The lowest BCUT2D eigenvalue weighted by atomic mass is 9.69. The predicted molar refractivity (Wildman–Crippen MR) is 112 cm³/mol. The van der Waals surface area contributed by atoms with Gasteiger partial charge in [0.05, 0.1) is 12.5 Å². The Labute approximate surface area is 177 Å². The van der Waals surface area contributed by atoms with Gasteiger partial charge in [-0.25, -0.2) is 0 Å². The highest BCUT2D eigenvalue weighted by Gasteiger charge is 2.54. The minimum absolute atomic E-state index is 0.0146. The minimum atomic E-state index is -0.684. The van der Waals surface area contributed by atoms with E-state index < -0.39 is 5.41 Å². The zero-order chi connectivity index (χ0) is 21.1. The van der Waals surface area contributed by atoms with Gasteiger partial charge in [-0.3, -0.25) is 14.4 Å². The molecule has 2 atom stereocenters. The van der Waals surface area contributed by atoms with Crippen LogP contribution in [0.4, 0.5) is 0 Å². The molecule has 0 aliphatic carbocycles. The van der Waals surface area contributed by atoms with E-state index in [1.165, 1.54) is 0 Å². The predicted octanol–water partition coefficient (Wildman–Crippen LogP) is 1.75. The van der Waals surface area contributed by atoms with Gasteiger partial charge in [0, 0.05) is 45.1 Å². The van der Waals surface area contributed by atoms with Crippen LogP contribution in [-0.4, -0.2) is 66.9 Å². The second-order valence-electron chi connectivity index (χ2n) is 8.69. The standard InChI is InChI=1S/C23H31N3O4/c1-30-18-7-3-2-6-17(18)8-9-21(28)26-15-11-19-23(16-26,12-10-20(27)24-19)22(29)25-13-4-5-14-25/h2-3,6-7,19H,4-5,8-16H2,1H3,(H,24,27)/t19-,23+/m1/s1. The summed E-state index contributed by atoms with van der Waals surface area (Å²) in [5.41, 5.74) is 0.326. The average molecular weight is 414 g/mol. The molecule has 4 rings (SSSR count). The summed E-state index contributed by atoms with van der Waals surface area (Å²) >= 11 is 0. The topological polar surface area (TPSA) is 79.0 Å². The van der Waals surface area contributed by atoms with Crippen molar-refractivity contribution >= 4 is 17.7 Å². The molecule has 0 bridgehead atoms. The molecule has 3 aliphatic heterocycles. The normalized spacial score (nSPS) is 26.2. The van der Waals surface area contributed by atoms with Crippen molar-refractivity contribution in [3.8, 4) is 5.75 Å². The van der Waals surface area contributed by atoms with Gasteiger partial charge in [0.25, 0.3) is 0 Å². The third-order valence-corrected chi connectivity index (χ3v) is 6.93. The molecule has 0 unspecified atom stereocenters. The smallest absolute Gasteiger partial charge is 0.232 e. The number of nitrogens with one attached hydrogen (secondary N) is 1. The van der Waals surface area contributed by atoms with E-state index in [0.717, 1.165) is 37.2 Å². The SMILES string of the molecule is COc1ccccc1CCC(=O)N1CC[C@H]2NC(=O)CC[C@]2(C(=O)N2CCCC2)C1. The first kappa shape index (κ1) is 20.7. The number of carbonyl (C=O) groups excluding carboxylic acids is 3. The van der Waals surface area contributed by atoms with E-state index in [2.05, 4.69) is 5.32 Å². The Balaban J connectivity index is 1.48. The average Bonchev–Trinajstić information content (AvgIpc) is 3.31. The number of nitrogens with zero attached hydrogens (tertiary/aromatic N) is 2. The maximum absolute atomic E-state index is 13.5. The summed E-state index contributed by atoms with van der Waals surface area (Å²) in [6, 6.07) is 7.57. The number of fused-ring (bicyclic) bond motifs is 1. The molecule has 30 heavy (non-hydrogen) atoms. The van der Waals surface area contributed by atoms with E-state index in [-0.39, 0.29) is 23.8 Å². The highest BCUT2D eigenvalue weighted by Crippen LogP contribution is 2.40. The van der Waals surface area contributed by atoms with Gasteiger partial charge in [0.15, 0.2) is 0 Å². The fourth-order valence-corrected chi connectivity index (χ4v) is 5.24. The number of aryl methyl sites for hydroxylation is 1. The van der Waals surface area contributed by atoms with Crippen LogP contribution in [0.25, 0.3) is 0 Å². The van der Waals surface area contributed by atoms with Gasteiger partial charge in [0.1, 0.15) is 5.75 Å². The van der Waals surface area contributed by atoms with Gasteiger partial charge in [0.2, 0.25) is 17.7 Å². The van der Waals surface area contributed by atoms with Crippen molar-refractivity contribution in [3.05, 3.63) is 29.8 Å². The number of methoxy groups -OCH3 is 1. The second kappa shape index (κ2) is 8.66. The first-order chi connectivity index (χ1) is 14.5. The summed E-state index contributed by atoms with van der Waals surface area (Å²) in [5.74, 6) is 0.984. The fraction of sp³-hybridized carbons (Fsp3) is 0.609. The van der Waals surface area contributed by atoms with E-state index in [4.69, 9.17) is 4.74 Å². The molecular formula is C23H31N3O4. The van der Waals surface area contributed by atoms with Gasteiger partial charge in [-0.15, -0.1) is 0 Å². The molecule has 3 saturated heterocycles. The molecule has 162 valence electrons. The first-order valence-corrected chi connectivity index (χ1v) is 11.0. The van der Waals surface area contributed by atoms with Crippen LogP contribution in [0.3, 0.4) is 0 Å². The molecule has 1 aromatic rings. The molecule has 0 aromatic heterocycles. The molecule has 7 nitrogen and oxygen atoms in total. The Morgan fingerprint density at radius 2 is 1.93 bits per heavy atom. The van der Waals surface area contributed by atoms with E-state index in [1.807, 2.05) is 34.1 Å². The summed E-state index contributed by atoms with van der Waals surface area (Å²) in [7, 11) is 1.64. The van der Waals surface area contributed by atoms with Crippen LogP contribution in [0.5, 0.6) is 5.75 Å². The Bertz CT molecular complexity index is 820. The number of piperidine rings is 2. The fourth-order valence-electron chi connectivity index (χ4n) is 5.24. The lowest BCUT2D eigenvalue weighted by Gasteiger charge is -2.50. The van der Waals surface area contributed by atoms with Crippen LogP contribution in [0.15, 0.2) is 24.3 Å². The largest absolute Gasteiger partial charge is 0.496 e. The van der Waals surface area contributed by atoms with E-state index >= 15 is 0 Å². The highest BCUT2D eigenvalue weighted by molar-refractivity contribution is 5.89. The summed E-state index contributed by atoms with van der Waals surface area (Å²) in [6.07, 6.45) is 4.54. The summed E-state index contributed by atoms with van der Waals surface area (Å²) in [5, 5.41) is 3.05. The maximum atomic E-state index is 13.5. The van der Waals surface area contributed by atoms with Crippen LogP contribution >= 0.6 is 0 Å². The molecule has 3 aliphatic rings. The van der Waals surface area contributed by atoms with Crippen molar-refractivity contribution in [2.45, 2.75) is 51.0 Å². The number of rotatable bonds is 5. The first-order valence-electron chi connectivity index (χ1n) is 11.0. The number of benzene rings is 1. The summed E-state index contributed by atoms with van der Waals surface area (Å²) < 4.78 is 5.39. The lowest BCUT2D eigenvalue weighted by molar-refractivity contribution is -0.155. The molecule has 0 spiro atoms. The van der Waals surface area contributed by atoms with Crippen LogP contribution in [-0.2, 0) is 20.8 Å². The molecule has 0 radical (unpaired) electrons. The van der Waals surface area contributed by atoms with Crippen LogP contribution < -0.4 is 10.1 Å². The van der Waals surface area contributed by atoms with Crippen LogP contribution in [0, 0.1) is 5.41 Å². The van der Waals surface area contributed by atoms with Crippen LogP contribution in [0.1, 0.15) is 44.1 Å². The van der Waals surface area contributed by atoms with Gasteiger partial charge >= 0.3 is 0 Å². The number of ether oxygens (including phenoxy) is 1. The van der Waals surface area contributed by atoms with Crippen molar-refractivity contribution in [1.82, 2.24) is 15.1 Å². The number of carbonyl (C=O) groups is 3. The van der Waals surface area contributed by atoms with Crippen molar-refractivity contribution in [2.75, 3.05) is 33.3 Å². The van der Waals surface area contributed by atoms with Gasteiger partial charge in [-0.1, -0.05) is 18.2 Å². The van der Waals surface area contributed by atoms with Gasteiger partial charge < -0.3 is 19.9 Å². The van der Waals surface area contributed by atoms with Crippen molar-refractivity contribution in [1.29, 1.82) is 0 Å². The van der Waals surface area contributed by atoms with Gasteiger partial charge in [-0.05, 0) is 43.7 Å². The lowest BCUT2D eigenvalue weighted by Crippen LogP contribution is -2.67. The molecular weight excluding hydrogens is 382 g/mol. The summed E-state index contributed by atoms with van der Waals surface area (Å²) in [6.45, 7) is 2.54. The number of hydrogen-bond acceptors (Lipinski definition) is 4. The molecule has 1 N–H and O–H groups in total. The maximum Gasteiger partial charge on any atom is 0.232 e. The number of likely N-dealkylation sites (tertiary alicyclic amines) is 2. The molecule has 1 aromatic carbocycles. The summed E-state index contributed by atoms with van der Waals surface area (Å²) in [4.78, 5) is 42.4. The monoisotopic (exact) mass is 413 g/mol. The third kappa shape index (κ3) is 3.89. The number of amides is 3. The van der Waals surface area contributed by atoms with Crippen molar-refractivity contribution < 1.29 is 19.1 Å². The van der Waals surface area contributed by atoms with Crippen molar-refractivity contribution in [2.24, 2.45) is 5.41 Å². The zero-order valence-electron chi connectivity index (χ0n) is 17.7. The van der Waals surface area contributed by atoms with Crippen molar-refractivity contribution in [3.63, 3.8) is 0 Å². The van der Waals surface area contributed by atoms with E-state index in [0.29, 0.717) is 45.2 Å². The molecule has 0 saturated carbocycles. The second-order valence-corrected chi connectivity index (χ2v) is 8.69. The number of para-hydroxylation sites is 1. The molecule has 3 fully saturated rings. The van der Waals surface area contributed by atoms with E-state index in [1.54, 1.807) is 7.11 Å². The molecule has 7 heteroatoms. The Hall–Kier alpha value is -2.57. The molecule has 3 amide bonds. The quantitative estimate of drug-likeness (QED) is 0.798. The van der Waals surface area contributed by atoms with E-state index in [9.17, 15) is 14.4 Å². The Morgan fingerprint density at radius 3 is 2.70 bits per heavy atom. The Morgan fingerprint density at radius 1 is 1.17 bits per heavy atom. The van der Waals surface area contributed by atoms with Gasteiger partial charge in [-0.2, -0.15) is 0 Å². The third-order valence-electron chi connectivity index (χ3n) is 6.93. The highest BCUT2D eigenvalue weighted by atomic mass is 16.5.